The average Bonchev–Trinajstić information content (AvgIpc) is 1.62. The molecule has 0 fully saturated rings. The second kappa shape index (κ2) is 3.06. The van der Waals surface area contributed by atoms with E-state index in [1.54, 1.807) is 30.6 Å². The van der Waals surface area contributed by atoms with Gasteiger partial charge in [-0.25, -0.2) is 0 Å². The molecule has 0 nitrogen and oxygen atoms in total. The zero-order valence-electron chi connectivity index (χ0n) is 7.20. The van der Waals surface area contributed by atoms with Crippen molar-refractivity contribution in [1.29, 1.82) is 0 Å². The van der Waals surface area contributed by atoms with Crippen molar-refractivity contribution in [2.75, 3.05) is 13.3 Å². The van der Waals surface area contributed by atoms with E-state index in [1.807, 2.05) is 0 Å². The summed E-state index contributed by atoms with van der Waals surface area (Å²) in [5.74, 6) is 5.30. The van der Waals surface area contributed by atoms with Crippen LogP contribution in [0.4, 0.5) is 8.78 Å². The number of halogens is 2. The molecule has 4 heteroatoms. The summed E-state index contributed by atoms with van der Waals surface area (Å²) < 4.78 is 24.0. The molecule has 0 rings (SSSR count). The summed E-state index contributed by atoms with van der Waals surface area (Å²) in [4.78, 5) is 0. The predicted octanol–water partition coefficient (Wildman–Crippen LogP) is 3.20. The molecule has 0 bridgehead atoms. The Bertz CT molecular complexity index is 117. The van der Waals surface area contributed by atoms with Gasteiger partial charge in [0, 0.05) is 0 Å². The van der Waals surface area contributed by atoms with E-state index in [0.29, 0.717) is 0 Å². The van der Waals surface area contributed by atoms with E-state index in [-0.39, 0.29) is 0 Å². The van der Waals surface area contributed by atoms with Crippen LogP contribution in [0.15, 0.2) is 0 Å². The summed E-state index contributed by atoms with van der Waals surface area (Å²) in [6, 6.07) is 0. The second-order valence-electron chi connectivity index (χ2n) is 3.69. The summed E-state index contributed by atoms with van der Waals surface area (Å²) in [6.07, 6.45) is 0. The molecule has 0 heterocycles. The van der Waals surface area contributed by atoms with Crippen molar-refractivity contribution in [3.63, 3.8) is 0 Å². The van der Waals surface area contributed by atoms with Crippen LogP contribution in [0.2, 0.25) is 17.3 Å². The molecule has 0 aliphatic rings. The maximum absolute atomic E-state index is 13.2. The second-order valence-corrected chi connectivity index (χ2v) is 17.7. The van der Waals surface area contributed by atoms with Crippen LogP contribution < -0.4 is 0 Å². The molecule has 0 unspecified atom stereocenters. The third kappa shape index (κ3) is 2.16. The molecule has 10 heavy (non-hydrogen) atoms. The van der Waals surface area contributed by atoms with Gasteiger partial charge in [0.2, 0.25) is 0 Å². The van der Waals surface area contributed by atoms with Gasteiger partial charge in [0.15, 0.2) is 0 Å². The van der Waals surface area contributed by atoms with Crippen LogP contribution in [-0.2, 0) is 0 Å². The van der Waals surface area contributed by atoms with E-state index in [2.05, 4.69) is 0 Å². The fourth-order valence-corrected chi connectivity index (χ4v) is 10.5. The van der Waals surface area contributed by atoms with Gasteiger partial charge in [0.05, 0.1) is 0 Å². The molecule has 0 aromatic heterocycles. The van der Waals surface area contributed by atoms with Crippen molar-refractivity contribution in [2.24, 2.45) is 0 Å². The molecule has 0 saturated heterocycles. The number of alkyl halides is 2. The van der Waals surface area contributed by atoms with Crippen LogP contribution in [0.3, 0.4) is 0 Å². The molecule has 0 aromatic carbocycles. The number of hydrogen-bond donors (Lipinski definition) is 0. The van der Waals surface area contributed by atoms with Crippen molar-refractivity contribution < 1.29 is 8.78 Å². The molecular weight excluding hydrogens is 214 g/mol. The fourth-order valence-electron chi connectivity index (χ4n) is 0.671. The first-order valence-corrected chi connectivity index (χ1v) is 12.8. The molecule has 62 valence electrons. The van der Waals surface area contributed by atoms with Crippen molar-refractivity contribution >= 4 is 21.2 Å². The Morgan fingerprint density at radius 3 is 1.40 bits per heavy atom. The molecular formula is C6H15F2GeP. The maximum atomic E-state index is 13.2. The molecule has 0 spiro atoms. The van der Waals surface area contributed by atoms with Gasteiger partial charge in [0.25, 0.3) is 0 Å². The third-order valence-corrected chi connectivity index (χ3v) is 12.7. The minimum absolute atomic E-state index is 1.08. The van der Waals surface area contributed by atoms with Crippen LogP contribution in [0.5, 0.6) is 0 Å². The average molecular weight is 229 g/mol. The van der Waals surface area contributed by atoms with E-state index in [4.69, 9.17) is 0 Å². The van der Waals surface area contributed by atoms with Gasteiger partial charge in [-0.3, -0.25) is 0 Å². The molecule has 0 amide bonds. The van der Waals surface area contributed by atoms with E-state index in [9.17, 15) is 8.78 Å². The topological polar surface area (TPSA) is 0 Å². The van der Waals surface area contributed by atoms with Crippen molar-refractivity contribution in [1.82, 2.24) is 0 Å². The molecule has 0 radical (unpaired) electrons. The van der Waals surface area contributed by atoms with Gasteiger partial charge in [-0.2, -0.15) is 0 Å². The first kappa shape index (κ1) is 10.8. The van der Waals surface area contributed by atoms with E-state index >= 15 is 0 Å². The molecule has 0 aliphatic heterocycles. The monoisotopic (exact) mass is 230 g/mol. The van der Waals surface area contributed by atoms with Crippen LogP contribution >= 0.6 is 7.92 Å². The fraction of sp³-hybridized carbons (Fsp3) is 1.00. The van der Waals surface area contributed by atoms with Crippen molar-refractivity contribution in [3.8, 4) is 0 Å². The Morgan fingerprint density at radius 1 is 1.10 bits per heavy atom. The summed E-state index contributed by atoms with van der Waals surface area (Å²) in [5.41, 5.74) is 0. The Balaban J connectivity index is 4.40. The number of rotatable bonds is 2. The quantitative estimate of drug-likeness (QED) is 0.503. The number of hydrogen-bond acceptors (Lipinski definition) is 0. The van der Waals surface area contributed by atoms with Gasteiger partial charge in [0.1, 0.15) is 0 Å². The molecule has 0 N–H and O–H groups in total. The first-order valence-electron chi connectivity index (χ1n) is 3.25. The van der Waals surface area contributed by atoms with E-state index < -0.39 is 25.7 Å². The molecule has 0 aromatic rings. The standard InChI is InChI=1S/C6H15F2GeP/c1-9(2,3)6(7,8)10(4)5/h1-5H3. The van der Waals surface area contributed by atoms with Gasteiger partial charge < -0.3 is 0 Å². The summed E-state index contributed by atoms with van der Waals surface area (Å²) >= 11 is -2.73. The Kier molecular flexibility index (Phi) is 3.32. The van der Waals surface area contributed by atoms with Crippen molar-refractivity contribution in [3.05, 3.63) is 0 Å². The Labute approximate surface area is 65.5 Å². The summed E-state index contributed by atoms with van der Waals surface area (Å²) in [5, 5.41) is 0. The Hall–Kier alpha value is 0.833. The van der Waals surface area contributed by atoms with E-state index in [1.165, 1.54) is 0 Å². The minimum atomic E-state index is -2.73. The van der Waals surface area contributed by atoms with Gasteiger partial charge in [-0.05, 0) is 0 Å². The zero-order valence-corrected chi connectivity index (χ0v) is 10.2. The predicted molar refractivity (Wildman–Crippen MR) is 47.1 cm³/mol. The van der Waals surface area contributed by atoms with Gasteiger partial charge in [-0.15, -0.1) is 0 Å². The summed E-state index contributed by atoms with van der Waals surface area (Å²) in [6.45, 7) is 3.32. The van der Waals surface area contributed by atoms with E-state index in [0.717, 1.165) is 0 Å². The SMILES string of the molecule is CP(C)[C](F)(F)[Ge]([CH3])([CH3])[CH3]. The zero-order chi connectivity index (χ0) is 8.58. The molecule has 0 aliphatic carbocycles. The molecule has 0 saturated carbocycles. The van der Waals surface area contributed by atoms with Crippen LogP contribution in [-0.4, -0.2) is 31.1 Å². The third-order valence-electron chi connectivity index (χ3n) is 1.46. The molecule has 0 atom stereocenters. The van der Waals surface area contributed by atoms with Crippen molar-refractivity contribution in [2.45, 2.75) is 21.8 Å². The van der Waals surface area contributed by atoms with Gasteiger partial charge >= 0.3 is 65.1 Å². The summed E-state index contributed by atoms with van der Waals surface area (Å²) in [7, 11) is -1.08. The Morgan fingerprint density at radius 2 is 1.40 bits per heavy atom. The van der Waals surface area contributed by atoms with Crippen LogP contribution in [0.1, 0.15) is 0 Å². The first-order chi connectivity index (χ1) is 4.19. The van der Waals surface area contributed by atoms with Gasteiger partial charge in [-0.1, -0.05) is 0 Å². The van der Waals surface area contributed by atoms with Crippen LogP contribution in [0.25, 0.3) is 0 Å². The normalized spacial score (nSPS) is 14.4. The van der Waals surface area contributed by atoms with Crippen LogP contribution in [0, 0.1) is 0 Å².